The number of hydrogen-bond donors (Lipinski definition) is 0. The van der Waals surface area contributed by atoms with Gasteiger partial charge in [0.25, 0.3) is 0 Å². The lowest BCUT2D eigenvalue weighted by Crippen LogP contribution is -2.35. The number of para-hydroxylation sites is 1. The SMILES string of the molecule is CC1=[N+](CCCC[N+](C)(C)C)c2ccccc2C1(C)C. The van der Waals surface area contributed by atoms with Crippen LogP contribution in [0.3, 0.4) is 0 Å². The molecule has 0 fully saturated rings. The van der Waals surface area contributed by atoms with Crippen LogP contribution >= 0.6 is 0 Å². The first kappa shape index (κ1) is 15.2. The Kier molecular flexibility index (Phi) is 4.06. The van der Waals surface area contributed by atoms with E-state index in [1.54, 1.807) is 0 Å². The summed E-state index contributed by atoms with van der Waals surface area (Å²) in [6.45, 7) is 9.37. The van der Waals surface area contributed by atoms with Crippen molar-refractivity contribution in [2.45, 2.75) is 39.0 Å². The summed E-state index contributed by atoms with van der Waals surface area (Å²) in [4.78, 5) is 0. The minimum Gasteiger partial charge on any atom is -0.331 e. The van der Waals surface area contributed by atoms with Crippen LogP contribution in [0.1, 0.15) is 39.2 Å². The average molecular weight is 274 g/mol. The van der Waals surface area contributed by atoms with Crippen molar-refractivity contribution in [2.24, 2.45) is 0 Å². The molecular weight excluding hydrogens is 244 g/mol. The van der Waals surface area contributed by atoms with Crippen molar-refractivity contribution in [3.8, 4) is 0 Å². The lowest BCUT2D eigenvalue weighted by Gasteiger charge is -2.23. The monoisotopic (exact) mass is 274 g/mol. The van der Waals surface area contributed by atoms with Crippen LogP contribution in [0.4, 0.5) is 5.69 Å². The zero-order chi connectivity index (χ0) is 15.0. The second-order valence-electron chi connectivity index (χ2n) is 7.60. The maximum atomic E-state index is 2.53. The first-order chi connectivity index (χ1) is 9.23. The predicted molar refractivity (Wildman–Crippen MR) is 87.1 cm³/mol. The normalized spacial score (nSPS) is 17.5. The van der Waals surface area contributed by atoms with E-state index in [4.69, 9.17) is 0 Å². The van der Waals surface area contributed by atoms with Gasteiger partial charge in [-0.05, 0) is 13.8 Å². The Morgan fingerprint density at radius 1 is 1.05 bits per heavy atom. The molecular formula is C18H30N2+2. The summed E-state index contributed by atoms with van der Waals surface area (Å²) in [6, 6.07) is 8.87. The molecule has 1 heterocycles. The number of hydrogen-bond acceptors (Lipinski definition) is 0. The highest BCUT2D eigenvalue weighted by molar-refractivity contribution is 5.93. The lowest BCUT2D eigenvalue weighted by molar-refractivity contribution is -0.870. The molecule has 1 aliphatic rings. The highest BCUT2D eigenvalue weighted by atomic mass is 15.3. The van der Waals surface area contributed by atoms with Gasteiger partial charge >= 0.3 is 0 Å². The van der Waals surface area contributed by atoms with Gasteiger partial charge in [-0.25, -0.2) is 0 Å². The highest BCUT2D eigenvalue weighted by Gasteiger charge is 2.42. The fourth-order valence-corrected chi connectivity index (χ4v) is 3.09. The largest absolute Gasteiger partial charge is 0.331 e. The van der Waals surface area contributed by atoms with Gasteiger partial charge in [0.1, 0.15) is 6.54 Å². The zero-order valence-corrected chi connectivity index (χ0v) is 14.0. The van der Waals surface area contributed by atoms with Crippen LogP contribution < -0.4 is 0 Å². The topological polar surface area (TPSA) is 3.01 Å². The summed E-state index contributed by atoms with van der Waals surface area (Å²) in [5.74, 6) is 0. The summed E-state index contributed by atoms with van der Waals surface area (Å²) in [5.41, 5.74) is 4.56. The highest BCUT2D eigenvalue weighted by Crippen LogP contribution is 2.39. The number of unbranched alkanes of at least 4 members (excludes halogenated alkanes) is 1. The van der Waals surface area contributed by atoms with Crippen molar-refractivity contribution in [3.63, 3.8) is 0 Å². The standard InChI is InChI=1S/C18H30N2/c1-15-18(2,3)16-11-7-8-12-17(16)19(15)13-9-10-14-20(4,5)6/h7-8,11-12H,9-10,13-14H2,1-6H3/q+2. The molecule has 0 aliphatic carbocycles. The smallest absolute Gasteiger partial charge is 0.209 e. The van der Waals surface area contributed by atoms with Gasteiger partial charge in [0.15, 0.2) is 5.71 Å². The van der Waals surface area contributed by atoms with E-state index in [0.717, 1.165) is 11.0 Å². The second-order valence-corrected chi connectivity index (χ2v) is 7.60. The van der Waals surface area contributed by atoms with E-state index in [-0.39, 0.29) is 5.41 Å². The van der Waals surface area contributed by atoms with E-state index in [0.29, 0.717) is 0 Å². The van der Waals surface area contributed by atoms with Gasteiger partial charge in [-0.3, -0.25) is 0 Å². The van der Waals surface area contributed by atoms with Crippen molar-refractivity contribution in [1.29, 1.82) is 0 Å². The molecule has 0 unspecified atom stereocenters. The molecule has 0 aromatic heterocycles. The second kappa shape index (κ2) is 5.33. The molecule has 0 bridgehead atoms. The maximum absolute atomic E-state index is 2.53. The number of nitrogens with zero attached hydrogens (tertiary/aromatic N) is 2. The first-order valence-electron chi connectivity index (χ1n) is 7.75. The van der Waals surface area contributed by atoms with E-state index < -0.39 is 0 Å². The molecule has 110 valence electrons. The van der Waals surface area contributed by atoms with Gasteiger partial charge < -0.3 is 4.48 Å². The van der Waals surface area contributed by atoms with E-state index >= 15 is 0 Å². The van der Waals surface area contributed by atoms with Crippen molar-refractivity contribution in [3.05, 3.63) is 29.8 Å². The Hall–Kier alpha value is -1.15. The third-order valence-electron chi connectivity index (χ3n) is 4.64. The molecule has 0 saturated heterocycles. The number of quaternary nitrogens is 1. The van der Waals surface area contributed by atoms with Crippen LogP contribution in [0, 0.1) is 0 Å². The third kappa shape index (κ3) is 2.95. The molecule has 1 aliphatic heterocycles. The third-order valence-corrected chi connectivity index (χ3v) is 4.64. The molecule has 0 atom stereocenters. The van der Waals surface area contributed by atoms with Gasteiger partial charge in [0, 0.05) is 31.4 Å². The molecule has 2 heteroatoms. The Labute approximate surface area is 124 Å². The van der Waals surface area contributed by atoms with Crippen LogP contribution in [0.5, 0.6) is 0 Å². The van der Waals surface area contributed by atoms with Crippen molar-refractivity contribution in [2.75, 3.05) is 34.2 Å². The summed E-state index contributed by atoms with van der Waals surface area (Å²) in [5, 5.41) is 0. The van der Waals surface area contributed by atoms with E-state index in [2.05, 4.69) is 70.8 Å². The minimum absolute atomic E-state index is 0.177. The summed E-state index contributed by atoms with van der Waals surface area (Å²) >= 11 is 0. The van der Waals surface area contributed by atoms with Crippen molar-refractivity contribution < 1.29 is 9.06 Å². The number of rotatable bonds is 5. The summed E-state index contributed by atoms with van der Waals surface area (Å²) < 4.78 is 3.59. The lowest BCUT2D eigenvalue weighted by atomic mass is 9.82. The summed E-state index contributed by atoms with van der Waals surface area (Å²) in [6.07, 6.45) is 2.55. The van der Waals surface area contributed by atoms with Gasteiger partial charge in [-0.15, -0.1) is 0 Å². The number of benzene rings is 1. The molecule has 0 saturated carbocycles. The number of fused-ring (bicyclic) bond motifs is 1. The Morgan fingerprint density at radius 2 is 1.70 bits per heavy atom. The van der Waals surface area contributed by atoms with Crippen LogP contribution in [-0.4, -0.2) is 49.0 Å². The average Bonchev–Trinajstić information content (AvgIpc) is 2.54. The maximum Gasteiger partial charge on any atom is 0.209 e. The first-order valence-corrected chi connectivity index (χ1v) is 7.75. The quantitative estimate of drug-likeness (QED) is 0.439. The van der Waals surface area contributed by atoms with Crippen LogP contribution in [0.2, 0.25) is 0 Å². The summed E-state index contributed by atoms with van der Waals surface area (Å²) in [7, 11) is 6.81. The molecule has 2 rings (SSSR count). The Morgan fingerprint density at radius 3 is 2.35 bits per heavy atom. The molecule has 20 heavy (non-hydrogen) atoms. The van der Waals surface area contributed by atoms with E-state index in [9.17, 15) is 0 Å². The molecule has 0 amide bonds. The molecule has 0 radical (unpaired) electrons. The Bertz CT molecular complexity index is 518. The molecule has 0 spiro atoms. The fourth-order valence-electron chi connectivity index (χ4n) is 3.09. The minimum atomic E-state index is 0.177. The van der Waals surface area contributed by atoms with Crippen molar-refractivity contribution >= 4 is 11.4 Å². The zero-order valence-electron chi connectivity index (χ0n) is 14.0. The van der Waals surface area contributed by atoms with Gasteiger partial charge in [-0.1, -0.05) is 18.2 Å². The van der Waals surface area contributed by atoms with E-state index in [1.807, 2.05) is 0 Å². The fraction of sp³-hybridized carbons (Fsp3) is 0.611. The molecule has 0 N–H and O–H groups in total. The van der Waals surface area contributed by atoms with Gasteiger partial charge in [-0.2, -0.15) is 4.58 Å². The van der Waals surface area contributed by atoms with Gasteiger partial charge in [0.2, 0.25) is 5.69 Å². The van der Waals surface area contributed by atoms with Gasteiger partial charge in [0.05, 0.1) is 33.1 Å². The van der Waals surface area contributed by atoms with Crippen LogP contribution in [0.25, 0.3) is 0 Å². The Balaban J connectivity index is 2.10. The molecule has 1 aromatic carbocycles. The molecule has 1 aromatic rings. The van der Waals surface area contributed by atoms with Crippen molar-refractivity contribution in [1.82, 2.24) is 0 Å². The predicted octanol–water partition coefficient (Wildman–Crippen LogP) is 3.57. The molecule has 2 nitrogen and oxygen atoms in total. The van der Waals surface area contributed by atoms with E-state index in [1.165, 1.54) is 36.3 Å². The van der Waals surface area contributed by atoms with Crippen LogP contribution in [0.15, 0.2) is 24.3 Å². The van der Waals surface area contributed by atoms with Crippen LogP contribution in [-0.2, 0) is 5.41 Å².